The van der Waals surface area contributed by atoms with E-state index >= 15 is 0 Å². The van der Waals surface area contributed by atoms with Gasteiger partial charge in [0.1, 0.15) is 5.82 Å². The predicted molar refractivity (Wildman–Crippen MR) is 110 cm³/mol. The Morgan fingerprint density at radius 3 is 2.44 bits per heavy atom. The van der Waals surface area contributed by atoms with E-state index in [-0.39, 0.29) is 0 Å². The molecule has 1 heterocycles. The molecule has 1 aromatic heterocycles. The SMILES string of the molecule is CCN(CC)c1cc(-c2cccc(C(C)C)c2)c2cc(Cl)ccc2n1. The van der Waals surface area contributed by atoms with Gasteiger partial charge in [-0.1, -0.05) is 49.7 Å². The summed E-state index contributed by atoms with van der Waals surface area (Å²) in [6.07, 6.45) is 0. The van der Waals surface area contributed by atoms with Crippen LogP contribution in [-0.4, -0.2) is 18.1 Å². The summed E-state index contributed by atoms with van der Waals surface area (Å²) in [7, 11) is 0. The molecule has 2 nitrogen and oxygen atoms in total. The van der Waals surface area contributed by atoms with Gasteiger partial charge in [0.25, 0.3) is 0 Å². The van der Waals surface area contributed by atoms with Crippen molar-refractivity contribution in [3.8, 4) is 11.1 Å². The lowest BCUT2D eigenvalue weighted by molar-refractivity contribution is 0.850. The van der Waals surface area contributed by atoms with Crippen molar-refractivity contribution in [2.24, 2.45) is 0 Å². The minimum absolute atomic E-state index is 0.499. The fourth-order valence-electron chi connectivity index (χ4n) is 3.20. The Kier molecular flexibility index (Phi) is 5.29. The first-order valence-corrected chi connectivity index (χ1v) is 9.36. The van der Waals surface area contributed by atoms with E-state index in [1.54, 1.807) is 0 Å². The molecular weight excluding hydrogens is 328 g/mol. The highest BCUT2D eigenvalue weighted by molar-refractivity contribution is 6.31. The highest BCUT2D eigenvalue weighted by atomic mass is 35.5. The molecule has 0 aliphatic rings. The molecule has 0 unspecified atom stereocenters. The summed E-state index contributed by atoms with van der Waals surface area (Å²) >= 11 is 6.28. The zero-order chi connectivity index (χ0) is 18.0. The second-order valence-corrected chi connectivity index (χ2v) is 7.08. The molecule has 0 saturated carbocycles. The van der Waals surface area contributed by atoms with Crippen LogP contribution in [0.4, 0.5) is 5.82 Å². The maximum Gasteiger partial charge on any atom is 0.129 e. The van der Waals surface area contributed by atoms with Crippen molar-refractivity contribution in [1.29, 1.82) is 0 Å². The van der Waals surface area contributed by atoms with Gasteiger partial charge in [-0.25, -0.2) is 4.98 Å². The Bertz CT molecular complexity index is 882. The topological polar surface area (TPSA) is 16.1 Å². The van der Waals surface area contributed by atoms with Gasteiger partial charge < -0.3 is 4.90 Å². The van der Waals surface area contributed by atoms with E-state index in [1.807, 2.05) is 18.2 Å². The van der Waals surface area contributed by atoms with Crippen molar-refractivity contribution >= 4 is 28.3 Å². The van der Waals surface area contributed by atoms with E-state index in [9.17, 15) is 0 Å². The summed E-state index contributed by atoms with van der Waals surface area (Å²) in [5, 5.41) is 1.84. The van der Waals surface area contributed by atoms with Gasteiger partial charge in [-0.2, -0.15) is 0 Å². The molecule has 25 heavy (non-hydrogen) atoms. The van der Waals surface area contributed by atoms with Gasteiger partial charge >= 0.3 is 0 Å². The number of hydrogen-bond acceptors (Lipinski definition) is 2. The van der Waals surface area contributed by atoms with E-state index in [2.05, 4.69) is 62.9 Å². The lowest BCUT2D eigenvalue weighted by Gasteiger charge is -2.22. The Hall–Kier alpha value is -2.06. The summed E-state index contributed by atoms with van der Waals surface area (Å²) in [5.41, 5.74) is 4.74. The molecule has 0 fully saturated rings. The minimum atomic E-state index is 0.499. The molecule has 130 valence electrons. The van der Waals surface area contributed by atoms with Crippen LogP contribution in [0.15, 0.2) is 48.5 Å². The number of benzene rings is 2. The summed E-state index contributed by atoms with van der Waals surface area (Å²) < 4.78 is 0. The van der Waals surface area contributed by atoms with Crippen molar-refractivity contribution in [1.82, 2.24) is 4.98 Å². The van der Waals surface area contributed by atoms with Crippen molar-refractivity contribution < 1.29 is 0 Å². The number of anilines is 1. The number of nitrogens with zero attached hydrogens (tertiary/aromatic N) is 2. The van der Waals surface area contributed by atoms with Crippen LogP contribution in [-0.2, 0) is 0 Å². The van der Waals surface area contributed by atoms with E-state index < -0.39 is 0 Å². The quantitative estimate of drug-likeness (QED) is 0.519. The first-order valence-electron chi connectivity index (χ1n) is 8.99. The summed E-state index contributed by atoms with van der Waals surface area (Å²) in [6, 6.07) is 16.9. The van der Waals surface area contributed by atoms with Gasteiger partial charge in [-0.05, 0) is 60.7 Å². The third-order valence-corrected chi connectivity index (χ3v) is 4.94. The normalized spacial score (nSPS) is 11.3. The molecule has 0 bridgehead atoms. The van der Waals surface area contributed by atoms with E-state index in [1.165, 1.54) is 16.7 Å². The Labute approximate surface area is 155 Å². The molecule has 0 spiro atoms. The van der Waals surface area contributed by atoms with Gasteiger partial charge in [-0.15, -0.1) is 0 Å². The predicted octanol–water partition coefficient (Wildman–Crippen LogP) is 6.52. The number of rotatable bonds is 5. The van der Waals surface area contributed by atoms with E-state index in [0.29, 0.717) is 5.92 Å². The maximum absolute atomic E-state index is 6.28. The summed E-state index contributed by atoms with van der Waals surface area (Å²) in [4.78, 5) is 7.15. The molecule has 0 radical (unpaired) electrons. The van der Waals surface area contributed by atoms with Gasteiger partial charge in [-0.3, -0.25) is 0 Å². The van der Waals surface area contributed by atoms with Crippen molar-refractivity contribution in [2.45, 2.75) is 33.6 Å². The van der Waals surface area contributed by atoms with Gasteiger partial charge in [0.05, 0.1) is 5.52 Å². The second kappa shape index (κ2) is 7.45. The molecule has 3 aromatic rings. The van der Waals surface area contributed by atoms with Crippen LogP contribution < -0.4 is 4.90 Å². The molecule has 2 aromatic carbocycles. The van der Waals surface area contributed by atoms with Crippen molar-refractivity contribution in [3.05, 3.63) is 59.1 Å². The Balaban J connectivity index is 2.27. The number of halogens is 1. The van der Waals surface area contributed by atoms with Crippen LogP contribution in [0.5, 0.6) is 0 Å². The molecule has 0 aliphatic heterocycles. The van der Waals surface area contributed by atoms with Gasteiger partial charge in [0.2, 0.25) is 0 Å². The largest absolute Gasteiger partial charge is 0.357 e. The first kappa shape index (κ1) is 17.8. The average molecular weight is 353 g/mol. The summed E-state index contributed by atoms with van der Waals surface area (Å²) in [5.74, 6) is 1.52. The van der Waals surface area contributed by atoms with Crippen LogP contribution in [0, 0.1) is 0 Å². The maximum atomic E-state index is 6.28. The molecular formula is C22H25ClN2. The average Bonchev–Trinajstić information content (AvgIpc) is 2.62. The summed E-state index contributed by atoms with van der Waals surface area (Å²) in [6.45, 7) is 10.7. The first-order chi connectivity index (χ1) is 12.0. The fraction of sp³-hybridized carbons (Fsp3) is 0.318. The highest BCUT2D eigenvalue weighted by Gasteiger charge is 2.13. The second-order valence-electron chi connectivity index (χ2n) is 6.64. The highest BCUT2D eigenvalue weighted by Crippen LogP contribution is 2.34. The number of aromatic nitrogens is 1. The van der Waals surface area contributed by atoms with E-state index in [0.717, 1.165) is 34.8 Å². The lowest BCUT2D eigenvalue weighted by Crippen LogP contribution is -2.23. The minimum Gasteiger partial charge on any atom is -0.357 e. The Morgan fingerprint density at radius 1 is 1.00 bits per heavy atom. The monoisotopic (exact) mass is 352 g/mol. The van der Waals surface area contributed by atoms with Gasteiger partial charge in [0, 0.05) is 23.5 Å². The zero-order valence-electron chi connectivity index (χ0n) is 15.4. The smallest absolute Gasteiger partial charge is 0.129 e. The third kappa shape index (κ3) is 3.64. The molecule has 3 heteroatoms. The van der Waals surface area contributed by atoms with Crippen LogP contribution in [0.2, 0.25) is 5.02 Å². The molecule has 0 aliphatic carbocycles. The van der Waals surface area contributed by atoms with Crippen LogP contribution >= 0.6 is 11.6 Å². The number of hydrogen-bond donors (Lipinski definition) is 0. The van der Waals surface area contributed by atoms with Crippen LogP contribution in [0.25, 0.3) is 22.0 Å². The molecule has 0 saturated heterocycles. The Morgan fingerprint density at radius 2 is 1.76 bits per heavy atom. The van der Waals surface area contributed by atoms with E-state index in [4.69, 9.17) is 16.6 Å². The number of pyridine rings is 1. The number of fused-ring (bicyclic) bond motifs is 1. The van der Waals surface area contributed by atoms with Crippen LogP contribution in [0.3, 0.4) is 0 Å². The molecule has 0 N–H and O–H groups in total. The van der Waals surface area contributed by atoms with Gasteiger partial charge in [0.15, 0.2) is 0 Å². The zero-order valence-corrected chi connectivity index (χ0v) is 16.1. The standard InChI is InChI=1S/C22H25ClN2/c1-5-25(6-2)22-14-19(17-9-7-8-16(12-17)15(3)4)20-13-18(23)10-11-21(20)24-22/h7-15H,5-6H2,1-4H3. The molecule has 3 rings (SSSR count). The van der Waals surface area contributed by atoms with Crippen molar-refractivity contribution in [2.75, 3.05) is 18.0 Å². The third-order valence-electron chi connectivity index (χ3n) is 4.71. The molecule has 0 atom stereocenters. The molecule has 0 amide bonds. The van der Waals surface area contributed by atoms with Crippen molar-refractivity contribution in [3.63, 3.8) is 0 Å². The fourth-order valence-corrected chi connectivity index (χ4v) is 3.37. The van der Waals surface area contributed by atoms with Crippen LogP contribution in [0.1, 0.15) is 39.2 Å². The lowest BCUT2D eigenvalue weighted by atomic mass is 9.95.